The van der Waals surface area contributed by atoms with Gasteiger partial charge in [0.15, 0.2) is 0 Å². The van der Waals surface area contributed by atoms with Crippen LogP contribution in [0.2, 0.25) is 0 Å². The van der Waals surface area contributed by atoms with E-state index in [2.05, 4.69) is 12.6 Å². The SMILES string of the molecule is CP(=O)(OCS)N1CCOCC1. The molecular weight excluding hydrogens is 197 g/mol. The van der Waals surface area contributed by atoms with Gasteiger partial charge in [-0.3, -0.25) is 4.57 Å². The highest BCUT2D eigenvalue weighted by Gasteiger charge is 2.27. The average Bonchev–Trinajstić information content (AvgIpc) is 2.06. The predicted octanol–water partition coefficient (Wildman–Crippen LogP) is 1.05. The van der Waals surface area contributed by atoms with Crippen molar-refractivity contribution in [2.45, 2.75) is 0 Å². The third-order valence-corrected chi connectivity index (χ3v) is 4.17. The summed E-state index contributed by atoms with van der Waals surface area (Å²) in [5, 5.41) is 0. The molecule has 1 unspecified atom stereocenters. The van der Waals surface area contributed by atoms with E-state index in [1.54, 1.807) is 6.66 Å². The fourth-order valence-corrected chi connectivity index (χ4v) is 3.02. The number of morpholine rings is 1. The van der Waals surface area contributed by atoms with Crippen LogP contribution >= 0.6 is 20.1 Å². The maximum atomic E-state index is 11.8. The first-order valence-corrected chi connectivity index (χ1v) is 6.48. The fraction of sp³-hybridized carbons (Fsp3) is 1.00. The van der Waals surface area contributed by atoms with Crippen molar-refractivity contribution in [2.24, 2.45) is 0 Å². The molecule has 12 heavy (non-hydrogen) atoms. The molecule has 0 amide bonds. The average molecular weight is 211 g/mol. The van der Waals surface area contributed by atoms with Crippen LogP contribution in [0.15, 0.2) is 0 Å². The second kappa shape index (κ2) is 4.63. The number of hydrogen-bond acceptors (Lipinski definition) is 4. The van der Waals surface area contributed by atoms with Crippen LogP contribution in [0.4, 0.5) is 0 Å². The fourth-order valence-electron chi connectivity index (χ4n) is 1.11. The summed E-state index contributed by atoms with van der Waals surface area (Å²) >= 11 is 3.88. The highest BCUT2D eigenvalue weighted by molar-refractivity contribution is 7.80. The summed E-state index contributed by atoms with van der Waals surface area (Å²) in [6.45, 7) is 4.25. The van der Waals surface area contributed by atoms with Gasteiger partial charge in [-0.1, -0.05) is 0 Å². The first-order chi connectivity index (χ1) is 5.67. The Bertz CT molecular complexity index is 184. The number of ether oxygens (including phenoxy) is 1. The van der Waals surface area contributed by atoms with Crippen LogP contribution in [0.5, 0.6) is 0 Å². The lowest BCUT2D eigenvalue weighted by Gasteiger charge is -2.30. The molecule has 0 bridgehead atoms. The van der Waals surface area contributed by atoms with Crippen LogP contribution in [0, 0.1) is 0 Å². The van der Waals surface area contributed by atoms with Gasteiger partial charge in [0.2, 0.25) is 0 Å². The lowest BCUT2D eigenvalue weighted by Crippen LogP contribution is -2.34. The summed E-state index contributed by atoms with van der Waals surface area (Å²) in [5.41, 5.74) is 0. The first-order valence-electron chi connectivity index (χ1n) is 3.83. The topological polar surface area (TPSA) is 38.8 Å². The molecule has 0 saturated carbocycles. The second-order valence-corrected chi connectivity index (χ2v) is 5.32. The number of rotatable bonds is 3. The van der Waals surface area contributed by atoms with E-state index >= 15 is 0 Å². The second-order valence-electron chi connectivity index (χ2n) is 2.63. The van der Waals surface area contributed by atoms with Crippen LogP contribution < -0.4 is 0 Å². The van der Waals surface area contributed by atoms with Crippen LogP contribution in [0.1, 0.15) is 0 Å². The molecule has 0 aromatic rings. The van der Waals surface area contributed by atoms with E-state index < -0.39 is 7.52 Å². The summed E-state index contributed by atoms with van der Waals surface area (Å²) < 4.78 is 23.8. The summed E-state index contributed by atoms with van der Waals surface area (Å²) in [6, 6.07) is 0. The van der Waals surface area contributed by atoms with E-state index in [4.69, 9.17) is 9.26 Å². The monoisotopic (exact) mass is 211 g/mol. The summed E-state index contributed by atoms with van der Waals surface area (Å²) in [6.07, 6.45) is 0. The van der Waals surface area contributed by atoms with Gasteiger partial charge in [-0.05, 0) is 0 Å². The molecule has 6 heteroatoms. The van der Waals surface area contributed by atoms with Gasteiger partial charge >= 0.3 is 0 Å². The molecular formula is C6H14NO3PS. The highest BCUT2D eigenvalue weighted by atomic mass is 32.1. The van der Waals surface area contributed by atoms with Crippen molar-refractivity contribution in [2.75, 3.05) is 38.9 Å². The predicted molar refractivity (Wildman–Crippen MR) is 50.9 cm³/mol. The first kappa shape index (κ1) is 10.5. The van der Waals surface area contributed by atoms with Gasteiger partial charge in [0, 0.05) is 19.8 Å². The molecule has 0 spiro atoms. The van der Waals surface area contributed by atoms with E-state index in [0.29, 0.717) is 26.3 Å². The minimum absolute atomic E-state index is 0.200. The van der Waals surface area contributed by atoms with Crippen LogP contribution in [-0.4, -0.2) is 43.6 Å². The molecule has 1 heterocycles. The van der Waals surface area contributed by atoms with Crippen molar-refractivity contribution in [3.05, 3.63) is 0 Å². The Balaban J connectivity index is 2.48. The minimum Gasteiger partial charge on any atom is -0.379 e. The molecule has 1 aliphatic heterocycles. The van der Waals surface area contributed by atoms with Gasteiger partial charge in [-0.25, -0.2) is 4.67 Å². The van der Waals surface area contributed by atoms with Crippen LogP contribution in [0.25, 0.3) is 0 Å². The number of nitrogens with zero attached hydrogens (tertiary/aromatic N) is 1. The molecule has 72 valence electrons. The van der Waals surface area contributed by atoms with Gasteiger partial charge in [0.05, 0.1) is 19.2 Å². The van der Waals surface area contributed by atoms with Gasteiger partial charge < -0.3 is 9.26 Å². The Morgan fingerprint density at radius 2 is 2.17 bits per heavy atom. The number of hydrogen-bond donors (Lipinski definition) is 1. The van der Waals surface area contributed by atoms with E-state index in [9.17, 15) is 4.57 Å². The van der Waals surface area contributed by atoms with E-state index in [-0.39, 0.29) is 5.94 Å². The molecule has 4 nitrogen and oxygen atoms in total. The maximum Gasteiger partial charge on any atom is 0.270 e. The third-order valence-electron chi connectivity index (χ3n) is 1.80. The zero-order chi connectivity index (χ0) is 9.03. The third kappa shape index (κ3) is 2.75. The largest absolute Gasteiger partial charge is 0.379 e. The van der Waals surface area contributed by atoms with Crippen molar-refractivity contribution >= 4 is 20.1 Å². The van der Waals surface area contributed by atoms with Crippen LogP contribution in [-0.2, 0) is 13.8 Å². The zero-order valence-corrected chi connectivity index (χ0v) is 8.89. The number of thiol groups is 1. The zero-order valence-electron chi connectivity index (χ0n) is 7.10. The molecule has 1 saturated heterocycles. The van der Waals surface area contributed by atoms with Gasteiger partial charge in [-0.15, -0.1) is 0 Å². The molecule has 0 aromatic carbocycles. The molecule has 1 fully saturated rings. The van der Waals surface area contributed by atoms with Gasteiger partial charge in [-0.2, -0.15) is 12.6 Å². The van der Waals surface area contributed by atoms with E-state index in [0.717, 1.165) is 0 Å². The molecule has 0 N–H and O–H groups in total. The Morgan fingerprint density at radius 3 is 2.67 bits per heavy atom. The Labute approximate surface area is 78.1 Å². The van der Waals surface area contributed by atoms with Gasteiger partial charge in [0.1, 0.15) is 0 Å². The summed E-state index contributed by atoms with van der Waals surface area (Å²) in [5.74, 6) is 0.200. The quantitative estimate of drug-likeness (QED) is 0.430. The normalized spacial score (nSPS) is 25.2. The minimum atomic E-state index is -2.59. The molecule has 0 aliphatic carbocycles. The van der Waals surface area contributed by atoms with Crippen molar-refractivity contribution in [1.82, 2.24) is 4.67 Å². The lowest BCUT2D eigenvalue weighted by atomic mass is 10.5. The van der Waals surface area contributed by atoms with Crippen molar-refractivity contribution in [3.63, 3.8) is 0 Å². The highest BCUT2D eigenvalue weighted by Crippen LogP contribution is 2.46. The van der Waals surface area contributed by atoms with E-state index in [1.807, 2.05) is 4.67 Å². The summed E-state index contributed by atoms with van der Waals surface area (Å²) in [4.78, 5) is 0. The van der Waals surface area contributed by atoms with Crippen molar-refractivity contribution in [1.29, 1.82) is 0 Å². The Morgan fingerprint density at radius 1 is 1.58 bits per heavy atom. The summed E-state index contributed by atoms with van der Waals surface area (Å²) in [7, 11) is -2.59. The maximum absolute atomic E-state index is 11.8. The van der Waals surface area contributed by atoms with Crippen molar-refractivity contribution in [3.8, 4) is 0 Å². The smallest absolute Gasteiger partial charge is 0.270 e. The van der Waals surface area contributed by atoms with Gasteiger partial charge in [0.25, 0.3) is 7.52 Å². The molecule has 0 aromatic heterocycles. The molecule has 1 atom stereocenters. The molecule has 0 radical (unpaired) electrons. The standard InChI is InChI=1S/C6H14NO3PS/c1-11(8,10-6-12)7-2-4-9-5-3-7/h12H,2-6H2,1H3. The van der Waals surface area contributed by atoms with Crippen LogP contribution in [0.3, 0.4) is 0 Å². The Kier molecular flexibility index (Phi) is 4.06. The molecule has 1 rings (SSSR count). The molecule has 1 aliphatic rings. The lowest BCUT2D eigenvalue weighted by molar-refractivity contribution is 0.0665. The van der Waals surface area contributed by atoms with Crippen molar-refractivity contribution < 1.29 is 13.8 Å². The Hall–Kier alpha value is 0.460. The van der Waals surface area contributed by atoms with E-state index in [1.165, 1.54) is 0 Å².